The lowest BCUT2D eigenvalue weighted by Crippen LogP contribution is -2.71. The molecule has 29 heavy (non-hydrogen) atoms. The van der Waals surface area contributed by atoms with Crippen molar-refractivity contribution < 1.29 is 24.3 Å². The standard InChI is InChI=1S/C15H19N7O5S2/c1-6-5-7(14(25)26)22-12(24)9(13(22)28-6)18-11(23)8(20-27-4-2-3-16)10-19-15(17)29-21-10/h5-6,9,13H,2-4,16H2,1H3,(H,18,23)(H,25,26)(H2,17,19,21)/t6?,9?,13-/m0/s1. The van der Waals surface area contributed by atoms with Crippen molar-refractivity contribution in [3.8, 4) is 0 Å². The van der Waals surface area contributed by atoms with Crippen molar-refractivity contribution in [1.29, 1.82) is 0 Å². The number of thioether (sulfide) groups is 1. The van der Waals surface area contributed by atoms with Gasteiger partial charge in [0.25, 0.3) is 11.8 Å². The van der Waals surface area contributed by atoms with E-state index in [0.717, 1.165) is 16.4 Å². The maximum atomic E-state index is 12.8. The molecule has 12 nitrogen and oxygen atoms in total. The molecule has 0 aliphatic carbocycles. The van der Waals surface area contributed by atoms with Crippen LogP contribution in [0.1, 0.15) is 19.2 Å². The summed E-state index contributed by atoms with van der Waals surface area (Å²) < 4.78 is 3.96. The first kappa shape index (κ1) is 21.0. The molecule has 6 N–H and O–H groups in total. The van der Waals surface area contributed by atoms with Crippen LogP contribution in [0.2, 0.25) is 0 Å². The molecule has 0 saturated carbocycles. The molecule has 156 valence electrons. The molecule has 2 unspecified atom stereocenters. The number of hydrogen-bond acceptors (Lipinski definition) is 11. The molecule has 2 aliphatic rings. The van der Waals surface area contributed by atoms with Gasteiger partial charge in [-0.25, -0.2) is 4.79 Å². The highest BCUT2D eigenvalue weighted by molar-refractivity contribution is 8.00. The quantitative estimate of drug-likeness (QED) is 0.168. The van der Waals surface area contributed by atoms with Gasteiger partial charge in [0.1, 0.15) is 23.7 Å². The van der Waals surface area contributed by atoms with Gasteiger partial charge in [-0.05, 0) is 26.0 Å². The number of anilines is 1. The van der Waals surface area contributed by atoms with E-state index in [4.69, 9.17) is 16.3 Å². The zero-order valence-electron chi connectivity index (χ0n) is 15.3. The third-order valence-electron chi connectivity index (χ3n) is 4.02. The third-order valence-corrected chi connectivity index (χ3v) is 5.89. The number of oxime groups is 1. The van der Waals surface area contributed by atoms with E-state index < -0.39 is 29.2 Å². The lowest BCUT2D eigenvalue weighted by Gasteiger charge is -2.49. The molecule has 2 amide bonds. The average molecular weight is 441 g/mol. The van der Waals surface area contributed by atoms with E-state index in [1.54, 1.807) is 0 Å². The summed E-state index contributed by atoms with van der Waals surface area (Å²) >= 11 is 2.25. The number of nitrogen functional groups attached to an aromatic ring is 1. The van der Waals surface area contributed by atoms with Crippen LogP contribution >= 0.6 is 23.3 Å². The molecule has 0 aromatic carbocycles. The van der Waals surface area contributed by atoms with Crippen molar-refractivity contribution >= 4 is 51.9 Å². The second-order valence-corrected chi connectivity index (χ2v) is 8.40. The van der Waals surface area contributed by atoms with Gasteiger partial charge in [-0.1, -0.05) is 5.16 Å². The predicted octanol–water partition coefficient (Wildman–Crippen LogP) is -1.05. The number of β-lactam (4-membered cyclic amide) rings is 1. The van der Waals surface area contributed by atoms with Gasteiger partial charge in [0.05, 0.1) is 0 Å². The maximum Gasteiger partial charge on any atom is 0.352 e. The van der Waals surface area contributed by atoms with Crippen LogP contribution in [-0.4, -0.2) is 72.7 Å². The number of aliphatic carboxylic acids is 1. The molecule has 14 heteroatoms. The van der Waals surface area contributed by atoms with Gasteiger partial charge in [0.15, 0.2) is 5.13 Å². The van der Waals surface area contributed by atoms with Crippen LogP contribution in [0, 0.1) is 0 Å². The largest absolute Gasteiger partial charge is 0.477 e. The molecular weight excluding hydrogens is 422 g/mol. The molecule has 0 radical (unpaired) electrons. The number of nitrogens with one attached hydrogen (secondary N) is 1. The van der Waals surface area contributed by atoms with E-state index in [0.29, 0.717) is 13.0 Å². The van der Waals surface area contributed by atoms with Crippen molar-refractivity contribution in [2.24, 2.45) is 10.9 Å². The van der Waals surface area contributed by atoms with Crippen molar-refractivity contribution in [2.45, 2.75) is 30.0 Å². The summed E-state index contributed by atoms with van der Waals surface area (Å²) in [7, 11) is 0. The fourth-order valence-electron chi connectivity index (χ4n) is 2.71. The number of hydrogen-bond donors (Lipinski definition) is 4. The molecule has 2 aliphatic heterocycles. The average Bonchev–Trinajstić information content (AvgIpc) is 3.11. The second kappa shape index (κ2) is 8.75. The fraction of sp³-hybridized carbons (Fsp3) is 0.467. The lowest BCUT2D eigenvalue weighted by atomic mass is 10.0. The van der Waals surface area contributed by atoms with Crippen molar-refractivity contribution in [3.63, 3.8) is 0 Å². The topological polar surface area (TPSA) is 186 Å². The Morgan fingerprint density at radius 1 is 1.48 bits per heavy atom. The van der Waals surface area contributed by atoms with Crippen LogP contribution in [0.15, 0.2) is 16.9 Å². The van der Waals surface area contributed by atoms with Gasteiger partial charge < -0.3 is 26.7 Å². The van der Waals surface area contributed by atoms with Gasteiger partial charge in [-0.15, -0.1) is 11.8 Å². The minimum Gasteiger partial charge on any atom is -0.477 e. The normalized spacial score (nSPS) is 23.7. The van der Waals surface area contributed by atoms with Crippen LogP contribution in [0.4, 0.5) is 5.13 Å². The molecule has 1 fully saturated rings. The Morgan fingerprint density at radius 2 is 2.24 bits per heavy atom. The van der Waals surface area contributed by atoms with E-state index >= 15 is 0 Å². The number of amides is 2. The molecule has 1 saturated heterocycles. The van der Waals surface area contributed by atoms with Crippen molar-refractivity contribution in [2.75, 3.05) is 18.9 Å². The van der Waals surface area contributed by atoms with E-state index in [-0.39, 0.29) is 34.2 Å². The van der Waals surface area contributed by atoms with Crippen LogP contribution in [-0.2, 0) is 19.2 Å². The third kappa shape index (κ3) is 4.33. The summed E-state index contributed by atoms with van der Waals surface area (Å²) in [5.41, 5.74) is 10.6. The number of aromatic nitrogens is 2. The molecule has 1 aromatic rings. The maximum absolute atomic E-state index is 12.8. The Balaban J connectivity index is 1.75. The molecule has 3 rings (SSSR count). The number of rotatable bonds is 8. The summed E-state index contributed by atoms with van der Waals surface area (Å²) in [5, 5.41) is 15.1. The van der Waals surface area contributed by atoms with Gasteiger partial charge in [0, 0.05) is 16.8 Å². The number of fused-ring (bicyclic) bond motifs is 1. The second-order valence-electron chi connectivity index (χ2n) is 6.12. The zero-order chi connectivity index (χ0) is 21.1. The monoisotopic (exact) mass is 441 g/mol. The molecule has 1 aromatic heterocycles. The van der Waals surface area contributed by atoms with E-state index in [9.17, 15) is 19.5 Å². The minimum absolute atomic E-state index is 0.0304. The highest BCUT2D eigenvalue weighted by atomic mass is 32.2. The first-order valence-corrected chi connectivity index (χ1v) is 10.3. The Hall–Kier alpha value is -2.71. The number of carboxylic acids is 1. The number of carboxylic acid groups (broad SMARTS) is 1. The number of nitrogens with two attached hydrogens (primary N) is 2. The van der Waals surface area contributed by atoms with Gasteiger partial charge in [0.2, 0.25) is 11.5 Å². The van der Waals surface area contributed by atoms with Crippen molar-refractivity contribution in [1.82, 2.24) is 19.6 Å². The smallest absolute Gasteiger partial charge is 0.352 e. The molecular formula is C15H19N7O5S2. The van der Waals surface area contributed by atoms with Crippen LogP contribution in [0.25, 0.3) is 0 Å². The van der Waals surface area contributed by atoms with Gasteiger partial charge >= 0.3 is 5.97 Å². The van der Waals surface area contributed by atoms with Crippen LogP contribution in [0.5, 0.6) is 0 Å². The zero-order valence-corrected chi connectivity index (χ0v) is 16.9. The molecule has 0 bridgehead atoms. The SMILES string of the molecule is CC1C=C(C(=O)O)N2C(=O)C(NC(=O)C(=NOCCCN)c3nsc(N)n3)[C@@H]2S1. The first-order chi connectivity index (χ1) is 13.8. The number of carbonyl (C=O) groups excluding carboxylic acids is 2. The minimum atomic E-state index is -1.20. The summed E-state index contributed by atoms with van der Waals surface area (Å²) in [6.45, 7) is 2.39. The number of nitrogens with zero attached hydrogens (tertiary/aromatic N) is 4. The predicted molar refractivity (Wildman–Crippen MR) is 106 cm³/mol. The summed E-state index contributed by atoms with van der Waals surface area (Å²) in [5.74, 6) is -2.48. The van der Waals surface area contributed by atoms with Crippen molar-refractivity contribution in [3.05, 3.63) is 17.6 Å². The number of carbonyl (C=O) groups is 3. The fourth-order valence-corrected chi connectivity index (χ4v) is 4.47. The Morgan fingerprint density at radius 3 is 2.86 bits per heavy atom. The van der Waals surface area contributed by atoms with E-state index in [1.807, 2.05) is 6.92 Å². The summed E-state index contributed by atoms with van der Waals surface area (Å²) in [4.78, 5) is 46.8. The van der Waals surface area contributed by atoms with Gasteiger partial charge in [-0.3, -0.25) is 14.5 Å². The molecule has 0 spiro atoms. The first-order valence-electron chi connectivity index (χ1n) is 8.57. The van der Waals surface area contributed by atoms with E-state index in [2.05, 4.69) is 19.8 Å². The molecule has 3 heterocycles. The van der Waals surface area contributed by atoms with Crippen LogP contribution in [0.3, 0.4) is 0 Å². The lowest BCUT2D eigenvalue weighted by molar-refractivity contribution is -0.150. The Kier molecular flexibility index (Phi) is 6.34. The summed E-state index contributed by atoms with van der Waals surface area (Å²) in [6.07, 6.45) is 2.03. The highest BCUT2D eigenvalue weighted by Crippen LogP contribution is 2.40. The Bertz CT molecular complexity index is 886. The highest BCUT2D eigenvalue weighted by Gasteiger charge is 2.54. The molecule has 3 atom stereocenters. The van der Waals surface area contributed by atoms with Crippen LogP contribution < -0.4 is 16.8 Å². The van der Waals surface area contributed by atoms with Gasteiger partial charge in [-0.2, -0.15) is 9.36 Å². The van der Waals surface area contributed by atoms with E-state index in [1.165, 1.54) is 17.8 Å². The summed E-state index contributed by atoms with van der Waals surface area (Å²) in [6, 6.07) is -0.914. The Labute approximate surface area is 173 Å².